The molecule has 1 heterocycles. The van der Waals surface area contributed by atoms with Gasteiger partial charge in [0.15, 0.2) is 16.6 Å². The average Bonchev–Trinajstić information content (AvgIpc) is 2.86. The molecule has 3 aromatic carbocycles. The van der Waals surface area contributed by atoms with Crippen molar-refractivity contribution in [1.29, 1.82) is 0 Å². The van der Waals surface area contributed by atoms with Gasteiger partial charge in [-0.15, -0.1) is 0 Å². The number of nitrogens with zero attached hydrogens (tertiary/aromatic N) is 1. The Labute approximate surface area is 223 Å². The van der Waals surface area contributed by atoms with E-state index in [1.807, 2.05) is 55.5 Å². The van der Waals surface area contributed by atoms with Crippen molar-refractivity contribution < 1.29 is 19.1 Å². The third kappa shape index (κ3) is 5.54. The average molecular weight is 598 g/mol. The first-order valence-corrected chi connectivity index (χ1v) is 12.4. The summed E-state index contributed by atoms with van der Waals surface area (Å²) in [6, 6.07) is 20.8. The van der Waals surface area contributed by atoms with Crippen molar-refractivity contribution >= 4 is 63.5 Å². The van der Waals surface area contributed by atoms with Crippen LogP contribution in [0.2, 0.25) is 0 Å². The van der Waals surface area contributed by atoms with E-state index < -0.39 is 11.8 Å². The van der Waals surface area contributed by atoms with Gasteiger partial charge < -0.3 is 9.47 Å². The molecule has 1 aliphatic rings. The van der Waals surface area contributed by atoms with Crippen LogP contribution in [0.1, 0.15) is 23.6 Å². The number of methoxy groups -OCH3 is 1. The molecule has 0 aromatic heterocycles. The maximum Gasteiger partial charge on any atom is 0.270 e. The van der Waals surface area contributed by atoms with Crippen LogP contribution in [0.25, 0.3) is 6.08 Å². The molecular weight excluding hydrogens is 575 g/mol. The van der Waals surface area contributed by atoms with Crippen LogP contribution >= 0.6 is 34.8 Å². The van der Waals surface area contributed by atoms with E-state index in [0.29, 0.717) is 29.4 Å². The molecule has 178 valence electrons. The lowest BCUT2D eigenvalue weighted by Crippen LogP contribution is -2.54. The number of ether oxygens (including phenoxy) is 2. The number of rotatable bonds is 7. The molecule has 0 unspecified atom stereocenters. The van der Waals surface area contributed by atoms with Crippen LogP contribution in [0.15, 0.2) is 72.3 Å². The van der Waals surface area contributed by atoms with E-state index in [1.54, 1.807) is 25.3 Å². The van der Waals surface area contributed by atoms with E-state index in [-0.39, 0.29) is 10.7 Å². The van der Waals surface area contributed by atoms with Crippen LogP contribution in [-0.2, 0) is 22.6 Å². The lowest BCUT2D eigenvalue weighted by molar-refractivity contribution is -0.122. The van der Waals surface area contributed by atoms with Crippen LogP contribution in [-0.4, -0.2) is 24.0 Å². The minimum atomic E-state index is -0.539. The second-order valence-electron chi connectivity index (χ2n) is 7.77. The molecule has 1 N–H and O–H groups in total. The van der Waals surface area contributed by atoms with Crippen LogP contribution in [0.3, 0.4) is 0 Å². The number of hydrogen-bond donors (Lipinski definition) is 1. The molecule has 2 amide bonds. The van der Waals surface area contributed by atoms with E-state index >= 15 is 0 Å². The summed E-state index contributed by atoms with van der Waals surface area (Å²) in [5.74, 6) is 0.0467. The van der Waals surface area contributed by atoms with Crippen molar-refractivity contribution in [3.05, 3.63) is 92.6 Å². The Morgan fingerprint density at radius 3 is 2.49 bits per heavy atom. The topological polar surface area (TPSA) is 67.9 Å². The summed E-state index contributed by atoms with van der Waals surface area (Å²) in [5.41, 5.74) is 3.26. The minimum Gasteiger partial charge on any atom is -0.493 e. The van der Waals surface area contributed by atoms with Gasteiger partial charge >= 0.3 is 0 Å². The van der Waals surface area contributed by atoms with Gasteiger partial charge in [0.05, 0.1) is 12.8 Å². The maximum absolute atomic E-state index is 13.4. The molecule has 0 bridgehead atoms. The van der Waals surface area contributed by atoms with Crippen molar-refractivity contribution in [1.82, 2.24) is 5.32 Å². The van der Waals surface area contributed by atoms with E-state index in [4.69, 9.17) is 21.7 Å². The van der Waals surface area contributed by atoms with Gasteiger partial charge in [0.25, 0.3) is 11.8 Å². The van der Waals surface area contributed by atoms with Crippen molar-refractivity contribution in [3.8, 4) is 11.5 Å². The maximum atomic E-state index is 13.4. The molecule has 8 heteroatoms. The van der Waals surface area contributed by atoms with Crippen molar-refractivity contribution in [2.45, 2.75) is 20.0 Å². The summed E-state index contributed by atoms with van der Waals surface area (Å²) in [6.45, 7) is 2.39. The second-order valence-corrected chi connectivity index (χ2v) is 9.40. The number of anilines is 1. The quantitative estimate of drug-likeness (QED) is 0.174. The van der Waals surface area contributed by atoms with Gasteiger partial charge in [0.1, 0.15) is 12.2 Å². The molecule has 1 saturated heterocycles. The van der Waals surface area contributed by atoms with Crippen molar-refractivity contribution in [3.63, 3.8) is 0 Å². The third-order valence-corrected chi connectivity index (χ3v) is 6.53. The molecule has 0 saturated carbocycles. The van der Waals surface area contributed by atoms with Crippen LogP contribution in [0, 0.1) is 3.57 Å². The van der Waals surface area contributed by atoms with Crippen molar-refractivity contribution in [2.75, 3.05) is 12.0 Å². The Morgan fingerprint density at radius 2 is 1.77 bits per heavy atom. The number of halogens is 1. The normalized spacial score (nSPS) is 14.8. The van der Waals surface area contributed by atoms with Crippen molar-refractivity contribution in [2.24, 2.45) is 0 Å². The fourth-order valence-electron chi connectivity index (χ4n) is 3.71. The van der Waals surface area contributed by atoms with E-state index in [9.17, 15) is 9.59 Å². The van der Waals surface area contributed by atoms with Gasteiger partial charge in [-0.1, -0.05) is 43.3 Å². The molecule has 4 rings (SSSR count). The molecule has 35 heavy (non-hydrogen) atoms. The number of nitrogens with one attached hydrogen (secondary N) is 1. The first kappa shape index (κ1) is 24.9. The summed E-state index contributed by atoms with van der Waals surface area (Å²) in [7, 11) is 1.55. The van der Waals surface area contributed by atoms with Crippen LogP contribution < -0.4 is 19.7 Å². The number of thiocarbonyl (C=S) groups is 1. The van der Waals surface area contributed by atoms with E-state index in [1.165, 1.54) is 11.0 Å². The predicted molar refractivity (Wildman–Crippen MR) is 149 cm³/mol. The predicted octanol–water partition coefficient (Wildman–Crippen LogP) is 5.27. The summed E-state index contributed by atoms with van der Waals surface area (Å²) >= 11 is 7.59. The van der Waals surface area contributed by atoms with Crippen LogP contribution in [0.4, 0.5) is 5.69 Å². The third-order valence-electron chi connectivity index (χ3n) is 5.52. The molecule has 1 aliphatic heterocycles. The fourth-order valence-corrected chi connectivity index (χ4v) is 4.34. The molecule has 0 spiro atoms. The summed E-state index contributed by atoms with van der Waals surface area (Å²) < 4.78 is 12.6. The molecule has 0 aliphatic carbocycles. The van der Waals surface area contributed by atoms with Gasteiger partial charge in [0, 0.05) is 3.57 Å². The Hall–Kier alpha value is -3.24. The minimum absolute atomic E-state index is 0.0147. The summed E-state index contributed by atoms with van der Waals surface area (Å²) in [4.78, 5) is 27.4. The molecule has 1 fully saturated rings. The molecule has 6 nitrogen and oxygen atoms in total. The monoisotopic (exact) mass is 598 g/mol. The lowest BCUT2D eigenvalue weighted by atomic mass is 10.0. The Balaban J connectivity index is 1.60. The van der Waals surface area contributed by atoms with Gasteiger partial charge in [-0.2, -0.15) is 0 Å². The van der Waals surface area contributed by atoms with Gasteiger partial charge in [0.2, 0.25) is 0 Å². The highest BCUT2D eigenvalue weighted by Gasteiger charge is 2.35. The number of carbonyl (C=O) groups excluding carboxylic acids is 2. The molecule has 0 radical (unpaired) electrons. The number of amides is 2. The SMILES string of the molecule is CCc1ccccc1N1C(=O)/C(=C/c2ccc(OCc3ccc(I)cc3)c(OC)c2)C(=O)NC1=S. The number of aryl methyl sites for hydroxylation is 1. The Bertz CT molecular complexity index is 1320. The number of benzene rings is 3. The number of para-hydroxylation sites is 1. The van der Waals surface area contributed by atoms with Gasteiger partial charge in [-0.25, -0.2) is 0 Å². The number of carbonyl (C=O) groups is 2. The van der Waals surface area contributed by atoms with Gasteiger partial charge in [-0.3, -0.25) is 19.8 Å². The molecule has 0 atom stereocenters. The highest BCUT2D eigenvalue weighted by atomic mass is 127. The number of hydrogen-bond acceptors (Lipinski definition) is 5. The summed E-state index contributed by atoms with van der Waals surface area (Å²) in [5, 5.41) is 2.70. The first-order valence-electron chi connectivity index (χ1n) is 11.0. The smallest absolute Gasteiger partial charge is 0.270 e. The highest BCUT2D eigenvalue weighted by molar-refractivity contribution is 14.1. The Kier molecular flexibility index (Phi) is 7.82. The van der Waals surface area contributed by atoms with E-state index in [2.05, 4.69) is 27.9 Å². The van der Waals surface area contributed by atoms with Gasteiger partial charge in [-0.05, 0) is 94.3 Å². The zero-order valence-electron chi connectivity index (χ0n) is 19.2. The first-order chi connectivity index (χ1) is 16.9. The zero-order chi connectivity index (χ0) is 24.9. The molecular formula is C27H23IN2O4S. The summed E-state index contributed by atoms with van der Waals surface area (Å²) in [6.07, 6.45) is 2.25. The Morgan fingerprint density at radius 1 is 1.03 bits per heavy atom. The fraction of sp³-hybridized carbons (Fsp3) is 0.148. The molecule has 3 aromatic rings. The van der Waals surface area contributed by atoms with Crippen LogP contribution in [0.5, 0.6) is 11.5 Å². The lowest BCUT2D eigenvalue weighted by Gasteiger charge is -2.30. The second kappa shape index (κ2) is 11.0. The van der Waals surface area contributed by atoms with E-state index in [0.717, 1.165) is 21.1 Å². The standard InChI is InChI=1S/C27H23IN2O4S/c1-3-19-6-4-5-7-22(19)30-26(32)21(25(31)29-27(30)35)14-18-10-13-23(24(15-18)33-2)34-16-17-8-11-20(28)12-9-17/h4-15H,3,16H2,1-2H3,(H,29,31,35)/b21-14+. The zero-order valence-corrected chi connectivity index (χ0v) is 22.2. The largest absolute Gasteiger partial charge is 0.493 e. The highest BCUT2D eigenvalue weighted by Crippen LogP contribution is 2.31.